The van der Waals surface area contributed by atoms with Crippen LogP contribution in [-0.4, -0.2) is 44.2 Å². The number of carbonyl (C=O) groups excluding carboxylic acids is 1. The summed E-state index contributed by atoms with van der Waals surface area (Å²) in [6.07, 6.45) is -1.31. The molecule has 1 atom stereocenters. The van der Waals surface area contributed by atoms with Gasteiger partial charge in [-0.2, -0.15) is 13.2 Å². The number of rotatable bonds is 4. The van der Waals surface area contributed by atoms with Crippen molar-refractivity contribution in [3.8, 4) is 11.1 Å². The number of fused-ring (bicyclic) bond motifs is 1. The number of carbonyl (C=O) groups is 1. The van der Waals surface area contributed by atoms with Gasteiger partial charge in [0.25, 0.3) is 5.56 Å². The third-order valence-electron chi connectivity index (χ3n) is 6.11. The van der Waals surface area contributed by atoms with E-state index >= 15 is 0 Å². The zero-order valence-corrected chi connectivity index (χ0v) is 17.3. The summed E-state index contributed by atoms with van der Waals surface area (Å²) in [5.41, 5.74) is -1.52. The zero-order valence-electron chi connectivity index (χ0n) is 17.3. The number of alkyl halides is 4. The van der Waals surface area contributed by atoms with Crippen molar-refractivity contribution in [2.45, 2.75) is 44.2 Å². The lowest BCUT2D eigenvalue weighted by Crippen LogP contribution is -2.35. The van der Waals surface area contributed by atoms with Gasteiger partial charge in [-0.1, -0.05) is 6.07 Å². The van der Waals surface area contributed by atoms with E-state index in [1.165, 1.54) is 17.3 Å². The first-order valence-electron chi connectivity index (χ1n) is 10.5. The van der Waals surface area contributed by atoms with Crippen LogP contribution in [0, 0.1) is 5.82 Å². The minimum absolute atomic E-state index is 0.0240. The number of aromatic nitrogens is 3. The largest absolute Gasteiger partial charge is 0.419 e. The summed E-state index contributed by atoms with van der Waals surface area (Å²) in [7, 11) is 0. The summed E-state index contributed by atoms with van der Waals surface area (Å²) in [6, 6.07) is 2.65. The molecule has 1 aromatic carbocycles. The van der Waals surface area contributed by atoms with E-state index < -0.39 is 35.2 Å². The van der Waals surface area contributed by atoms with Gasteiger partial charge in [-0.3, -0.25) is 14.2 Å². The van der Waals surface area contributed by atoms with Crippen LogP contribution in [0.25, 0.3) is 22.2 Å². The first-order valence-corrected chi connectivity index (χ1v) is 10.5. The molecule has 5 rings (SSSR count). The Hall–Kier alpha value is -3.24. The molecule has 0 spiro atoms. The van der Waals surface area contributed by atoms with Gasteiger partial charge in [0, 0.05) is 24.3 Å². The molecule has 11 heteroatoms. The second-order valence-electron chi connectivity index (χ2n) is 8.48. The van der Waals surface area contributed by atoms with Gasteiger partial charge in [0.1, 0.15) is 30.5 Å². The fraction of sp³-hybridized carbons (Fsp3) is 0.409. The van der Waals surface area contributed by atoms with Crippen LogP contribution >= 0.6 is 0 Å². The van der Waals surface area contributed by atoms with Crippen LogP contribution in [-0.2, 0) is 17.5 Å². The van der Waals surface area contributed by atoms with Crippen LogP contribution < -0.4 is 5.56 Å². The van der Waals surface area contributed by atoms with Gasteiger partial charge in [-0.15, -0.1) is 0 Å². The summed E-state index contributed by atoms with van der Waals surface area (Å²) < 4.78 is 69.9. The van der Waals surface area contributed by atoms with Gasteiger partial charge < -0.3 is 9.47 Å². The quantitative estimate of drug-likeness (QED) is 0.548. The van der Waals surface area contributed by atoms with E-state index in [9.17, 15) is 31.5 Å². The molecule has 0 radical (unpaired) electrons. The van der Waals surface area contributed by atoms with Crippen molar-refractivity contribution in [2.24, 2.45) is 0 Å². The van der Waals surface area contributed by atoms with Crippen LogP contribution in [0.1, 0.15) is 30.9 Å². The Balaban J connectivity index is 1.61. The van der Waals surface area contributed by atoms with Gasteiger partial charge in [0.05, 0.1) is 17.5 Å². The topological polar surface area (TPSA) is 60.1 Å². The Labute approximate surface area is 184 Å². The average molecular weight is 466 g/mol. The second kappa shape index (κ2) is 7.67. The Morgan fingerprint density at radius 1 is 1.18 bits per heavy atom. The summed E-state index contributed by atoms with van der Waals surface area (Å²) in [6.45, 7) is -0.147. The maximum absolute atomic E-state index is 13.8. The standard InChI is InChI=1S/C22H19F5N4O2/c23-13-5-6-29(8-13)18(32)10-30-11-28-20-19(21(30)33)15(9-31(20)14-2-3-14)12-1-4-17(24)16(7-12)22(25,26)27/h1,4,7,9,11,13-14H,2-3,5-6,8,10H2. The van der Waals surface area contributed by atoms with E-state index in [2.05, 4.69) is 4.98 Å². The molecule has 2 fully saturated rings. The molecular formula is C22H19F5N4O2. The molecule has 1 aliphatic carbocycles. The van der Waals surface area contributed by atoms with Crippen LogP contribution in [0.3, 0.4) is 0 Å². The van der Waals surface area contributed by atoms with Gasteiger partial charge in [0.2, 0.25) is 5.91 Å². The molecule has 1 unspecified atom stereocenters. The second-order valence-corrected chi connectivity index (χ2v) is 8.48. The maximum atomic E-state index is 13.8. The average Bonchev–Trinajstić information content (AvgIpc) is 3.38. The van der Waals surface area contributed by atoms with E-state index in [1.807, 2.05) is 0 Å². The monoisotopic (exact) mass is 466 g/mol. The molecule has 1 aliphatic heterocycles. The van der Waals surface area contributed by atoms with Gasteiger partial charge in [0.15, 0.2) is 0 Å². The van der Waals surface area contributed by atoms with Crippen molar-refractivity contribution in [3.63, 3.8) is 0 Å². The molecule has 6 nitrogen and oxygen atoms in total. The lowest BCUT2D eigenvalue weighted by atomic mass is 10.0. The Morgan fingerprint density at radius 2 is 1.94 bits per heavy atom. The smallest absolute Gasteiger partial charge is 0.338 e. The molecule has 3 heterocycles. The van der Waals surface area contributed by atoms with Crippen molar-refractivity contribution in [1.29, 1.82) is 0 Å². The number of halogens is 5. The number of hydrogen-bond donors (Lipinski definition) is 0. The predicted octanol–water partition coefficient (Wildman–Crippen LogP) is 3.93. The lowest BCUT2D eigenvalue weighted by Gasteiger charge is -2.16. The molecule has 174 valence electrons. The Kier molecular flexibility index (Phi) is 5.02. The fourth-order valence-corrected chi connectivity index (χ4v) is 4.24. The highest BCUT2D eigenvalue weighted by Gasteiger charge is 2.35. The van der Waals surface area contributed by atoms with Crippen molar-refractivity contribution in [1.82, 2.24) is 19.0 Å². The van der Waals surface area contributed by atoms with E-state index in [0.29, 0.717) is 11.7 Å². The molecule has 2 aromatic heterocycles. The van der Waals surface area contributed by atoms with E-state index in [0.717, 1.165) is 23.5 Å². The highest BCUT2D eigenvalue weighted by molar-refractivity contribution is 5.94. The molecule has 0 N–H and O–H groups in total. The van der Waals surface area contributed by atoms with Crippen molar-refractivity contribution in [2.75, 3.05) is 13.1 Å². The van der Waals surface area contributed by atoms with Crippen molar-refractivity contribution >= 4 is 16.9 Å². The highest BCUT2D eigenvalue weighted by Crippen LogP contribution is 2.41. The van der Waals surface area contributed by atoms with Crippen LogP contribution in [0.2, 0.25) is 0 Å². The SMILES string of the molecule is O=C(Cn1cnc2c(c(-c3ccc(F)c(C(F)(F)F)c3)cn2C2CC2)c1=O)N1CCC(F)C1. The molecule has 1 amide bonds. The van der Waals surface area contributed by atoms with E-state index in [4.69, 9.17) is 0 Å². The normalized spacial score (nSPS) is 18.9. The Bertz CT molecular complexity index is 1310. The summed E-state index contributed by atoms with van der Waals surface area (Å²) in [5, 5.41) is 0.0572. The molecule has 1 saturated carbocycles. The van der Waals surface area contributed by atoms with Crippen LogP contribution in [0.15, 0.2) is 35.5 Å². The highest BCUT2D eigenvalue weighted by atomic mass is 19.4. The number of nitrogens with zero attached hydrogens (tertiary/aromatic N) is 4. The third kappa shape index (κ3) is 3.89. The van der Waals surface area contributed by atoms with Crippen molar-refractivity contribution in [3.05, 3.63) is 52.5 Å². The summed E-state index contributed by atoms with van der Waals surface area (Å²) >= 11 is 0. The zero-order chi connectivity index (χ0) is 23.5. The van der Waals surface area contributed by atoms with E-state index in [-0.39, 0.29) is 48.6 Å². The number of benzene rings is 1. The van der Waals surface area contributed by atoms with Crippen LogP contribution in [0.5, 0.6) is 0 Å². The molecule has 3 aromatic rings. The maximum Gasteiger partial charge on any atom is 0.419 e. The van der Waals surface area contributed by atoms with Crippen LogP contribution in [0.4, 0.5) is 22.0 Å². The van der Waals surface area contributed by atoms with Gasteiger partial charge >= 0.3 is 6.18 Å². The molecular weight excluding hydrogens is 447 g/mol. The molecule has 1 saturated heterocycles. The minimum Gasteiger partial charge on any atom is -0.338 e. The first kappa shape index (κ1) is 21.6. The van der Waals surface area contributed by atoms with Crippen molar-refractivity contribution < 1.29 is 26.7 Å². The Morgan fingerprint density at radius 3 is 2.58 bits per heavy atom. The number of amides is 1. The molecule has 0 bridgehead atoms. The number of hydrogen-bond acceptors (Lipinski definition) is 3. The molecule has 2 aliphatic rings. The first-order chi connectivity index (χ1) is 15.6. The predicted molar refractivity (Wildman–Crippen MR) is 109 cm³/mol. The summed E-state index contributed by atoms with van der Waals surface area (Å²) in [5.74, 6) is -1.85. The third-order valence-corrected chi connectivity index (χ3v) is 6.11. The summed E-state index contributed by atoms with van der Waals surface area (Å²) in [4.78, 5) is 31.5. The fourth-order valence-electron chi connectivity index (χ4n) is 4.24. The number of likely N-dealkylation sites (tertiary alicyclic amines) is 1. The lowest BCUT2D eigenvalue weighted by molar-refractivity contribution is -0.140. The minimum atomic E-state index is -4.90. The van der Waals surface area contributed by atoms with Gasteiger partial charge in [-0.25, -0.2) is 13.8 Å². The molecule has 33 heavy (non-hydrogen) atoms. The van der Waals surface area contributed by atoms with E-state index in [1.54, 1.807) is 10.8 Å². The van der Waals surface area contributed by atoms with Gasteiger partial charge in [-0.05, 0) is 37.0 Å².